The van der Waals surface area contributed by atoms with E-state index in [1.807, 2.05) is 30.3 Å². The fourth-order valence-electron chi connectivity index (χ4n) is 1.74. The van der Waals surface area contributed by atoms with Gasteiger partial charge in [-0.2, -0.15) is 0 Å². The second kappa shape index (κ2) is 6.81. The molecular weight excluding hydrogens is 274 g/mol. The minimum absolute atomic E-state index is 0.167. The molecule has 0 saturated heterocycles. The maximum atomic E-state index is 12.1. The molecule has 0 radical (unpaired) electrons. The van der Waals surface area contributed by atoms with E-state index in [0.29, 0.717) is 6.54 Å². The molecular formula is C14H15N3O2S. The molecule has 0 aliphatic heterocycles. The van der Waals surface area contributed by atoms with Crippen LogP contribution in [-0.4, -0.2) is 21.4 Å². The van der Waals surface area contributed by atoms with Crippen molar-refractivity contribution in [3.05, 3.63) is 64.6 Å². The van der Waals surface area contributed by atoms with Crippen LogP contribution in [0, 0.1) is 0 Å². The van der Waals surface area contributed by atoms with Crippen molar-refractivity contribution in [3.63, 3.8) is 0 Å². The SMILES string of the molecule is N/C(=N/O)c1cccn(CCSc2ccccc2)c1=O. The van der Waals surface area contributed by atoms with Crippen molar-refractivity contribution in [1.29, 1.82) is 0 Å². The van der Waals surface area contributed by atoms with E-state index < -0.39 is 0 Å². The normalized spacial score (nSPS) is 11.5. The highest BCUT2D eigenvalue weighted by Crippen LogP contribution is 2.16. The smallest absolute Gasteiger partial charge is 0.261 e. The zero-order valence-corrected chi connectivity index (χ0v) is 11.6. The number of amidine groups is 1. The molecule has 0 unspecified atom stereocenters. The van der Waals surface area contributed by atoms with E-state index in [9.17, 15) is 4.79 Å². The molecule has 1 aromatic carbocycles. The first-order valence-electron chi connectivity index (χ1n) is 6.07. The second-order valence-electron chi connectivity index (χ2n) is 4.07. The molecule has 20 heavy (non-hydrogen) atoms. The third-order valence-electron chi connectivity index (χ3n) is 2.75. The average molecular weight is 289 g/mol. The van der Waals surface area contributed by atoms with Crippen LogP contribution in [0.15, 0.2) is 63.5 Å². The predicted octanol–water partition coefficient (Wildman–Crippen LogP) is 1.74. The molecule has 0 saturated carbocycles. The Morgan fingerprint density at radius 1 is 1.25 bits per heavy atom. The molecule has 0 amide bonds. The minimum atomic E-state index is -0.253. The first-order valence-corrected chi connectivity index (χ1v) is 7.06. The Hall–Kier alpha value is -2.21. The fraction of sp³-hybridized carbons (Fsp3) is 0.143. The summed E-state index contributed by atoms with van der Waals surface area (Å²) in [6.07, 6.45) is 1.70. The number of aryl methyl sites for hydroxylation is 1. The number of nitrogens with two attached hydrogens (primary N) is 1. The summed E-state index contributed by atoms with van der Waals surface area (Å²) < 4.78 is 1.56. The van der Waals surface area contributed by atoms with Gasteiger partial charge >= 0.3 is 0 Å². The summed E-state index contributed by atoms with van der Waals surface area (Å²) >= 11 is 1.67. The quantitative estimate of drug-likeness (QED) is 0.289. The topological polar surface area (TPSA) is 80.6 Å². The Bertz CT molecular complexity index is 653. The van der Waals surface area contributed by atoms with Gasteiger partial charge in [-0.15, -0.1) is 11.8 Å². The van der Waals surface area contributed by atoms with Gasteiger partial charge in [-0.25, -0.2) is 0 Å². The minimum Gasteiger partial charge on any atom is -0.409 e. The highest BCUT2D eigenvalue weighted by atomic mass is 32.2. The van der Waals surface area contributed by atoms with Crippen molar-refractivity contribution >= 4 is 17.6 Å². The largest absolute Gasteiger partial charge is 0.409 e. The predicted molar refractivity (Wildman–Crippen MR) is 80.4 cm³/mol. The fourth-order valence-corrected chi connectivity index (χ4v) is 2.61. The number of aromatic nitrogens is 1. The second-order valence-corrected chi connectivity index (χ2v) is 5.24. The van der Waals surface area contributed by atoms with Gasteiger partial charge in [0.25, 0.3) is 5.56 Å². The molecule has 0 fully saturated rings. The lowest BCUT2D eigenvalue weighted by molar-refractivity contribution is 0.318. The van der Waals surface area contributed by atoms with E-state index in [0.717, 1.165) is 10.6 Å². The van der Waals surface area contributed by atoms with Gasteiger partial charge in [0.05, 0.1) is 5.56 Å². The molecule has 3 N–H and O–H groups in total. The number of hydrogen-bond acceptors (Lipinski definition) is 4. The lowest BCUT2D eigenvalue weighted by Gasteiger charge is -2.07. The maximum absolute atomic E-state index is 12.1. The average Bonchev–Trinajstić information content (AvgIpc) is 2.49. The lowest BCUT2D eigenvalue weighted by Crippen LogP contribution is -2.30. The van der Waals surface area contributed by atoms with Crippen molar-refractivity contribution in [1.82, 2.24) is 4.57 Å². The van der Waals surface area contributed by atoms with E-state index in [1.54, 1.807) is 28.6 Å². The van der Waals surface area contributed by atoms with Gasteiger partial charge in [0.15, 0.2) is 5.84 Å². The van der Waals surface area contributed by atoms with Gasteiger partial charge < -0.3 is 15.5 Å². The number of oxime groups is 1. The Balaban J connectivity index is 2.05. The molecule has 2 aromatic rings. The number of benzene rings is 1. The van der Waals surface area contributed by atoms with E-state index >= 15 is 0 Å². The highest BCUT2D eigenvalue weighted by molar-refractivity contribution is 7.99. The van der Waals surface area contributed by atoms with Gasteiger partial charge in [-0.1, -0.05) is 23.4 Å². The van der Waals surface area contributed by atoms with Crippen LogP contribution in [0.25, 0.3) is 0 Å². The number of thioether (sulfide) groups is 1. The third kappa shape index (κ3) is 3.42. The Morgan fingerprint density at radius 2 is 2.00 bits per heavy atom. The summed E-state index contributed by atoms with van der Waals surface area (Å²) in [6.45, 7) is 0.560. The Kier molecular flexibility index (Phi) is 4.84. The molecule has 0 aliphatic carbocycles. The third-order valence-corrected chi connectivity index (χ3v) is 3.74. The number of nitrogens with zero attached hydrogens (tertiary/aromatic N) is 2. The summed E-state index contributed by atoms with van der Waals surface area (Å²) in [5.41, 5.74) is 5.42. The molecule has 104 valence electrons. The maximum Gasteiger partial charge on any atom is 0.261 e. The number of hydrogen-bond donors (Lipinski definition) is 2. The lowest BCUT2D eigenvalue weighted by atomic mass is 10.2. The summed E-state index contributed by atoms with van der Waals surface area (Å²) in [4.78, 5) is 13.3. The first-order chi connectivity index (χ1) is 9.72. The van der Waals surface area contributed by atoms with E-state index in [1.165, 1.54) is 6.07 Å². The Morgan fingerprint density at radius 3 is 2.70 bits per heavy atom. The van der Waals surface area contributed by atoms with Gasteiger partial charge in [0, 0.05) is 23.4 Å². The molecule has 0 atom stereocenters. The standard InChI is InChI=1S/C14H15N3O2S/c15-13(16-19)12-7-4-8-17(14(12)18)9-10-20-11-5-2-1-3-6-11/h1-8,19H,9-10H2,(H2,15,16). The van der Waals surface area contributed by atoms with Crippen LogP contribution in [-0.2, 0) is 6.54 Å². The summed E-state index contributed by atoms with van der Waals surface area (Å²) in [6, 6.07) is 13.2. The van der Waals surface area contributed by atoms with Gasteiger partial charge in [-0.3, -0.25) is 4.79 Å². The van der Waals surface area contributed by atoms with Crippen LogP contribution >= 0.6 is 11.8 Å². The van der Waals surface area contributed by atoms with Gasteiger partial charge in [-0.05, 0) is 24.3 Å². The molecule has 0 aliphatic rings. The zero-order valence-electron chi connectivity index (χ0n) is 10.8. The summed E-state index contributed by atoms with van der Waals surface area (Å²) in [7, 11) is 0. The van der Waals surface area contributed by atoms with Crippen molar-refractivity contribution < 1.29 is 5.21 Å². The molecule has 1 heterocycles. The summed E-state index contributed by atoms with van der Waals surface area (Å²) in [5.74, 6) is 0.601. The zero-order chi connectivity index (χ0) is 14.4. The van der Waals surface area contributed by atoms with E-state index in [-0.39, 0.29) is 17.0 Å². The molecule has 1 aromatic heterocycles. The molecule has 2 rings (SSSR count). The summed E-state index contributed by atoms with van der Waals surface area (Å²) in [5, 5.41) is 11.5. The van der Waals surface area contributed by atoms with Crippen LogP contribution in [0.3, 0.4) is 0 Å². The van der Waals surface area contributed by atoms with Crippen LogP contribution in [0.5, 0.6) is 0 Å². The van der Waals surface area contributed by atoms with Crippen LogP contribution in [0.1, 0.15) is 5.56 Å². The van der Waals surface area contributed by atoms with Crippen LogP contribution in [0.2, 0.25) is 0 Å². The first kappa shape index (κ1) is 14.2. The van der Waals surface area contributed by atoms with Gasteiger partial charge in [0.1, 0.15) is 0 Å². The number of pyridine rings is 1. The molecule has 0 bridgehead atoms. The molecule has 6 heteroatoms. The highest BCUT2D eigenvalue weighted by Gasteiger charge is 2.07. The monoisotopic (exact) mass is 289 g/mol. The van der Waals surface area contributed by atoms with E-state index in [4.69, 9.17) is 10.9 Å². The Labute approximate surface area is 120 Å². The van der Waals surface area contributed by atoms with Crippen molar-refractivity contribution in [2.75, 3.05) is 5.75 Å². The van der Waals surface area contributed by atoms with E-state index in [2.05, 4.69) is 5.16 Å². The van der Waals surface area contributed by atoms with Gasteiger partial charge in [0.2, 0.25) is 0 Å². The van der Waals surface area contributed by atoms with Crippen molar-refractivity contribution in [2.24, 2.45) is 10.9 Å². The van der Waals surface area contributed by atoms with Crippen molar-refractivity contribution in [3.8, 4) is 0 Å². The molecule has 5 nitrogen and oxygen atoms in total. The van der Waals surface area contributed by atoms with Crippen LogP contribution in [0.4, 0.5) is 0 Å². The van der Waals surface area contributed by atoms with Crippen LogP contribution < -0.4 is 11.3 Å². The number of rotatable bonds is 5. The molecule has 0 spiro atoms. The van der Waals surface area contributed by atoms with Crippen molar-refractivity contribution in [2.45, 2.75) is 11.4 Å².